The smallest absolute Gasteiger partial charge is 0.111 e. The van der Waals surface area contributed by atoms with Crippen molar-refractivity contribution in [2.45, 2.75) is 37.6 Å². The highest BCUT2D eigenvalue weighted by Crippen LogP contribution is 2.41. The maximum atomic E-state index is 4.47. The molecule has 0 aromatic carbocycles. The zero-order valence-electron chi connectivity index (χ0n) is 9.32. The molecule has 1 aromatic rings. The van der Waals surface area contributed by atoms with E-state index >= 15 is 0 Å². The van der Waals surface area contributed by atoms with E-state index in [9.17, 15) is 0 Å². The van der Waals surface area contributed by atoms with Gasteiger partial charge in [0.15, 0.2) is 0 Å². The van der Waals surface area contributed by atoms with Gasteiger partial charge in [-0.2, -0.15) is 0 Å². The van der Waals surface area contributed by atoms with Gasteiger partial charge in [-0.15, -0.1) is 0 Å². The first kappa shape index (κ1) is 9.40. The van der Waals surface area contributed by atoms with E-state index in [4.69, 9.17) is 0 Å². The molecule has 1 heterocycles. The lowest BCUT2D eigenvalue weighted by Gasteiger charge is -2.36. The van der Waals surface area contributed by atoms with Gasteiger partial charge >= 0.3 is 0 Å². The van der Waals surface area contributed by atoms with Crippen LogP contribution in [0.15, 0.2) is 12.4 Å². The number of hydrogen-bond acceptors (Lipinski definition) is 2. The van der Waals surface area contributed by atoms with Gasteiger partial charge in [-0.25, -0.2) is 4.98 Å². The van der Waals surface area contributed by atoms with Gasteiger partial charge in [0.05, 0.1) is 0 Å². The molecule has 82 valence electrons. The van der Waals surface area contributed by atoms with Gasteiger partial charge in [0.2, 0.25) is 0 Å². The number of imidazole rings is 1. The summed E-state index contributed by atoms with van der Waals surface area (Å²) in [5.41, 5.74) is 0. The highest BCUT2D eigenvalue weighted by molar-refractivity contribution is 5.07. The van der Waals surface area contributed by atoms with Crippen molar-refractivity contribution in [3.63, 3.8) is 0 Å². The Morgan fingerprint density at radius 1 is 1.40 bits per heavy atom. The summed E-state index contributed by atoms with van der Waals surface area (Å²) in [5, 5.41) is 3.63. The topological polar surface area (TPSA) is 29.9 Å². The minimum Gasteiger partial charge on any atom is -0.338 e. The van der Waals surface area contributed by atoms with E-state index in [-0.39, 0.29) is 0 Å². The van der Waals surface area contributed by atoms with Gasteiger partial charge in [-0.1, -0.05) is 0 Å². The fourth-order valence-electron chi connectivity index (χ4n) is 2.49. The first-order valence-corrected chi connectivity index (χ1v) is 6.05. The second-order valence-electron chi connectivity index (χ2n) is 5.02. The summed E-state index contributed by atoms with van der Waals surface area (Å²) in [5.74, 6) is 2.81. The molecule has 0 spiro atoms. The highest BCUT2D eigenvalue weighted by atomic mass is 15.0. The second kappa shape index (κ2) is 3.63. The molecule has 2 atom stereocenters. The third kappa shape index (κ3) is 1.81. The van der Waals surface area contributed by atoms with E-state index in [0.717, 1.165) is 12.0 Å². The maximum Gasteiger partial charge on any atom is 0.111 e. The Labute approximate surface area is 90.9 Å². The van der Waals surface area contributed by atoms with Crippen molar-refractivity contribution in [3.8, 4) is 0 Å². The summed E-state index contributed by atoms with van der Waals surface area (Å²) < 4.78 is 2.17. The zero-order valence-corrected chi connectivity index (χ0v) is 9.32. The van der Waals surface area contributed by atoms with Gasteiger partial charge < -0.3 is 9.88 Å². The quantitative estimate of drug-likeness (QED) is 0.810. The predicted octanol–water partition coefficient (Wildman–Crippen LogP) is 1.67. The van der Waals surface area contributed by atoms with Crippen LogP contribution in [0.3, 0.4) is 0 Å². The number of rotatable bonds is 4. The zero-order chi connectivity index (χ0) is 10.3. The Morgan fingerprint density at radius 2 is 2.27 bits per heavy atom. The van der Waals surface area contributed by atoms with Crippen molar-refractivity contribution in [1.29, 1.82) is 0 Å². The Balaban J connectivity index is 1.59. The lowest BCUT2D eigenvalue weighted by Crippen LogP contribution is -2.35. The molecule has 0 bridgehead atoms. The summed E-state index contributed by atoms with van der Waals surface area (Å²) in [4.78, 5) is 4.47. The summed E-state index contributed by atoms with van der Waals surface area (Å²) in [6.45, 7) is 1.20. The molecular formula is C12H19N3. The van der Waals surface area contributed by atoms with Crippen LogP contribution in [-0.4, -0.2) is 22.1 Å². The van der Waals surface area contributed by atoms with E-state index in [1.807, 2.05) is 6.20 Å². The molecule has 3 rings (SSSR count). The van der Waals surface area contributed by atoms with Gasteiger partial charge in [0.1, 0.15) is 5.82 Å². The van der Waals surface area contributed by atoms with Crippen LogP contribution in [0.1, 0.15) is 37.4 Å². The maximum absolute atomic E-state index is 4.47. The van der Waals surface area contributed by atoms with Gasteiger partial charge in [0, 0.05) is 31.4 Å². The lowest BCUT2D eigenvalue weighted by molar-refractivity contribution is 0.232. The molecule has 0 aliphatic heterocycles. The average Bonchev–Trinajstić information content (AvgIpc) is 2.91. The van der Waals surface area contributed by atoms with Gasteiger partial charge in [-0.05, 0) is 38.1 Å². The Hall–Kier alpha value is -0.830. The van der Waals surface area contributed by atoms with Crippen LogP contribution < -0.4 is 5.32 Å². The molecule has 1 N–H and O–H groups in total. The summed E-state index contributed by atoms with van der Waals surface area (Å²) in [6.07, 6.45) is 9.44. The van der Waals surface area contributed by atoms with E-state index in [0.29, 0.717) is 5.92 Å². The largest absolute Gasteiger partial charge is 0.338 e. The number of hydrogen-bond donors (Lipinski definition) is 1. The summed E-state index contributed by atoms with van der Waals surface area (Å²) in [6, 6.07) is 0.840. The van der Waals surface area contributed by atoms with Crippen molar-refractivity contribution >= 4 is 0 Å². The van der Waals surface area contributed by atoms with Crippen LogP contribution in [-0.2, 0) is 7.05 Å². The van der Waals surface area contributed by atoms with Gasteiger partial charge in [-0.3, -0.25) is 0 Å². The van der Waals surface area contributed by atoms with E-state index in [1.165, 1.54) is 38.1 Å². The monoisotopic (exact) mass is 205 g/mol. The SMILES string of the molecule is Cn1ccnc1C1CCC1CNC1CC1. The molecular weight excluding hydrogens is 186 g/mol. The van der Waals surface area contributed by atoms with Crippen molar-refractivity contribution in [2.75, 3.05) is 6.54 Å². The molecule has 2 saturated carbocycles. The molecule has 15 heavy (non-hydrogen) atoms. The number of aryl methyl sites for hydroxylation is 1. The fourth-order valence-corrected chi connectivity index (χ4v) is 2.49. The Morgan fingerprint density at radius 3 is 2.80 bits per heavy atom. The third-order valence-electron chi connectivity index (χ3n) is 3.85. The van der Waals surface area contributed by atoms with Crippen molar-refractivity contribution in [2.24, 2.45) is 13.0 Å². The normalized spacial score (nSPS) is 30.2. The third-order valence-corrected chi connectivity index (χ3v) is 3.85. The highest BCUT2D eigenvalue weighted by Gasteiger charge is 2.35. The second-order valence-corrected chi connectivity index (χ2v) is 5.02. The summed E-state index contributed by atoms with van der Waals surface area (Å²) in [7, 11) is 2.10. The fraction of sp³-hybridized carbons (Fsp3) is 0.750. The average molecular weight is 205 g/mol. The first-order chi connectivity index (χ1) is 7.34. The van der Waals surface area contributed by atoms with Crippen LogP contribution in [0, 0.1) is 5.92 Å². The Bertz CT molecular complexity index is 340. The Kier molecular flexibility index (Phi) is 2.28. The lowest BCUT2D eigenvalue weighted by atomic mass is 9.73. The molecule has 2 aliphatic rings. The molecule has 2 aliphatic carbocycles. The van der Waals surface area contributed by atoms with Crippen LogP contribution >= 0.6 is 0 Å². The van der Waals surface area contributed by atoms with E-state index < -0.39 is 0 Å². The van der Waals surface area contributed by atoms with E-state index in [2.05, 4.69) is 28.1 Å². The molecule has 3 heteroatoms. The minimum absolute atomic E-state index is 0.705. The molecule has 3 nitrogen and oxygen atoms in total. The molecule has 1 aromatic heterocycles. The molecule has 0 radical (unpaired) electrons. The standard InChI is InChI=1S/C12H19N3/c1-15-7-6-13-12(15)11-5-2-9(11)8-14-10-3-4-10/h6-7,9-11,14H,2-5,8H2,1H3. The van der Waals surface area contributed by atoms with Gasteiger partial charge in [0.25, 0.3) is 0 Å². The number of aromatic nitrogens is 2. The summed E-state index contributed by atoms with van der Waals surface area (Å²) >= 11 is 0. The predicted molar refractivity (Wildman–Crippen MR) is 59.7 cm³/mol. The molecule has 2 unspecified atom stereocenters. The van der Waals surface area contributed by atoms with Crippen molar-refractivity contribution in [1.82, 2.24) is 14.9 Å². The first-order valence-electron chi connectivity index (χ1n) is 6.05. The van der Waals surface area contributed by atoms with Crippen LogP contribution in [0.4, 0.5) is 0 Å². The number of nitrogens with one attached hydrogen (secondary N) is 1. The minimum atomic E-state index is 0.705. The van der Waals surface area contributed by atoms with Crippen LogP contribution in [0.25, 0.3) is 0 Å². The molecule has 2 fully saturated rings. The molecule has 0 saturated heterocycles. The van der Waals surface area contributed by atoms with Crippen LogP contribution in [0.2, 0.25) is 0 Å². The van der Waals surface area contributed by atoms with Crippen LogP contribution in [0.5, 0.6) is 0 Å². The van der Waals surface area contributed by atoms with E-state index in [1.54, 1.807) is 0 Å². The van der Waals surface area contributed by atoms with Crippen molar-refractivity contribution in [3.05, 3.63) is 18.2 Å². The van der Waals surface area contributed by atoms with Crippen molar-refractivity contribution < 1.29 is 0 Å². The number of nitrogens with zero attached hydrogens (tertiary/aromatic N) is 2. The molecule has 0 amide bonds.